The number of carboxylic acid groups (broad SMARTS) is 1. The molecule has 188 valence electrons. The number of para-hydroxylation sites is 1. The molecule has 7 heteroatoms. The average molecular weight is 505 g/mol. The van der Waals surface area contributed by atoms with E-state index in [0.717, 1.165) is 51.2 Å². The Morgan fingerprint density at radius 1 is 1.11 bits per heavy atom. The number of aromatic carboxylic acids is 1. The summed E-state index contributed by atoms with van der Waals surface area (Å²) in [4.78, 5) is 13.8. The lowest BCUT2D eigenvalue weighted by Gasteiger charge is -2.31. The molecule has 0 bridgehead atoms. The molecule has 6 nitrogen and oxygen atoms in total. The van der Waals surface area contributed by atoms with Crippen molar-refractivity contribution in [3.05, 3.63) is 82.2 Å². The molecule has 0 saturated carbocycles. The van der Waals surface area contributed by atoms with E-state index in [9.17, 15) is 9.90 Å². The van der Waals surface area contributed by atoms with Crippen LogP contribution >= 0.6 is 11.3 Å². The van der Waals surface area contributed by atoms with Crippen molar-refractivity contribution in [2.75, 3.05) is 33.4 Å². The number of benzene rings is 2. The third-order valence-electron chi connectivity index (χ3n) is 7.15. The van der Waals surface area contributed by atoms with Gasteiger partial charge in [0.2, 0.25) is 0 Å². The Balaban J connectivity index is 1.23. The molecule has 0 amide bonds. The van der Waals surface area contributed by atoms with Gasteiger partial charge in [-0.25, -0.2) is 4.79 Å². The number of aromatic nitrogens is 1. The molecule has 1 fully saturated rings. The fraction of sp³-hybridized carbons (Fsp3) is 0.345. The van der Waals surface area contributed by atoms with E-state index in [1.807, 2.05) is 0 Å². The summed E-state index contributed by atoms with van der Waals surface area (Å²) in [5, 5.41) is 15.0. The molecule has 0 atom stereocenters. The van der Waals surface area contributed by atoms with Gasteiger partial charge in [0.25, 0.3) is 0 Å². The van der Waals surface area contributed by atoms with Gasteiger partial charge < -0.3 is 19.1 Å². The molecule has 4 aromatic rings. The van der Waals surface area contributed by atoms with Gasteiger partial charge in [0, 0.05) is 30.2 Å². The number of rotatable bonds is 10. The van der Waals surface area contributed by atoms with Gasteiger partial charge in [-0.1, -0.05) is 12.1 Å². The fourth-order valence-electron chi connectivity index (χ4n) is 5.15. The predicted molar refractivity (Wildman–Crippen MR) is 144 cm³/mol. The number of nitrogens with zero attached hydrogens (tertiary/aromatic N) is 2. The number of hydrogen-bond donors (Lipinski definition) is 1. The number of ether oxygens (including phenoxy) is 2. The summed E-state index contributed by atoms with van der Waals surface area (Å²) in [6, 6.07) is 15.5. The van der Waals surface area contributed by atoms with E-state index in [4.69, 9.17) is 9.47 Å². The minimum absolute atomic E-state index is 0.210. The number of likely N-dealkylation sites (tertiary alicyclic amines) is 1. The zero-order chi connectivity index (χ0) is 24.9. The van der Waals surface area contributed by atoms with E-state index in [1.165, 1.54) is 22.0 Å². The van der Waals surface area contributed by atoms with Gasteiger partial charge in [-0.3, -0.25) is 4.90 Å². The van der Waals surface area contributed by atoms with Crippen LogP contribution in [0.5, 0.6) is 11.5 Å². The van der Waals surface area contributed by atoms with Crippen molar-refractivity contribution in [3.63, 3.8) is 0 Å². The Kier molecular flexibility index (Phi) is 7.58. The van der Waals surface area contributed by atoms with Crippen LogP contribution in [0.25, 0.3) is 10.9 Å². The first-order valence-electron chi connectivity index (χ1n) is 12.5. The summed E-state index contributed by atoms with van der Waals surface area (Å²) in [6.45, 7) is 4.23. The SMILES string of the molecule is COc1ccc2c(c1)c(C1CCN(CCOc3ccccc3C(=O)O)CC1)cn2CCc1ccsc1. The third-order valence-corrected chi connectivity index (χ3v) is 7.88. The fourth-order valence-corrected chi connectivity index (χ4v) is 5.85. The highest BCUT2D eigenvalue weighted by Gasteiger charge is 2.24. The monoisotopic (exact) mass is 504 g/mol. The second-order valence-electron chi connectivity index (χ2n) is 9.31. The number of hydrogen-bond acceptors (Lipinski definition) is 5. The maximum Gasteiger partial charge on any atom is 0.339 e. The van der Waals surface area contributed by atoms with Crippen LogP contribution in [-0.2, 0) is 13.0 Å². The number of carboxylic acids is 1. The molecule has 1 N–H and O–H groups in total. The normalized spacial score (nSPS) is 14.8. The van der Waals surface area contributed by atoms with Crippen molar-refractivity contribution in [1.82, 2.24) is 9.47 Å². The molecule has 0 radical (unpaired) electrons. The maximum atomic E-state index is 11.4. The van der Waals surface area contributed by atoms with Crippen LogP contribution in [0.3, 0.4) is 0 Å². The average Bonchev–Trinajstić information content (AvgIpc) is 3.56. The molecule has 2 aromatic heterocycles. The van der Waals surface area contributed by atoms with Crippen molar-refractivity contribution in [2.45, 2.75) is 31.7 Å². The van der Waals surface area contributed by atoms with Gasteiger partial charge in [0.05, 0.1) is 7.11 Å². The van der Waals surface area contributed by atoms with E-state index in [0.29, 0.717) is 18.3 Å². The molecule has 2 aromatic carbocycles. The number of fused-ring (bicyclic) bond motifs is 1. The summed E-state index contributed by atoms with van der Waals surface area (Å²) < 4.78 is 13.8. The zero-order valence-electron chi connectivity index (χ0n) is 20.6. The maximum absolute atomic E-state index is 11.4. The van der Waals surface area contributed by atoms with Crippen molar-refractivity contribution < 1.29 is 19.4 Å². The Bertz CT molecular complexity index is 1310. The molecular formula is C29H32N2O4S. The Morgan fingerprint density at radius 2 is 1.94 bits per heavy atom. The van der Waals surface area contributed by atoms with Gasteiger partial charge in [-0.2, -0.15) is 11.3 Å². The molecule has 36 heavy (non-hydrogen) atoms. The van der Waals surface area contributed by atoms with E-state index in [1.54, 1.807) is 42.7 Å². The molecule has 0 spiro atoms. The molecule has 5 rings (SSSR count). The molecule has 1 saturated heterocycles. The number of carbonyl (C=O) groups is 1. The zero-order valence-corrected chi connectivity index (χ0v) is 21.4. The number of aryl methyl sites for hydroxylation is 2. The standard InChI is InChI=1S/C29H32N2O4S/c1-34-23-6-7-27-25(18-23)26(19-31(27)14-8-21-11-17-36-20-21)22-9-12-30(13-10-22)15-16-35-28-5-3-2-4-24(28)29(32)33/h2-7,11,17-20,22H,8-10,12-16H2,1H3,(H,32,33). The second-order valence-corrected chi connectivity index (χ2v) is 10.1. The summed E-state index contributed by atoms with van der Waals surface area (Å²) in [5.41, 5.74) is 4.29. The Labute approximate surface area is 215 Å². The van der Waals surface area contributed by atoms with E-state index in [2.05, 4.69) is 50.7 Å². The molecule has 1 aliphatic heterocycles. The van der Waals surface area contributed by atoms with Crippen LogP contribution in [0.4, 0.5) is 0 Å². The summed E-state index contributed by atoms with van der Waals surface area (Å²) in [5.74, 6) is 0.879. The van der Waals surface area contributed by atoms with Crippen LogP contribution in [0.15, 0.2) is 65.5 Å². The van der Waals surface area contributed by atoms with E-state index in [-0.39, 0.29) is 5.56 Å². The highest BCUT2D eigenvalue weighted by molar-refractivity contribution is 7.07. The minimum Gasteiger partial charge on any atom is -0.497 e. The minimum atomic E-state index is -0.961. The summed E-state index contributed by atoms with van der Waals surface area (Å²) >= 11 is 1.75. The molecule has 0 unspecified atom stereocenters. The van der Waals surface area contributed by atoms with Gasteiger partial charge in [0.1, 0.15) is 23.7 Å². The van der Waals surface area contributed by atoms with Crippen molar-refractivity contribution >= 4 is 28.2 Å². The lowest BCUT2D eigenvalue weighted by atomic mass is 9.89. The first kappa shape index (κ1) is 24.4. The van der Waals surface area contributed by atoms with Gasteiger partial charge in [-0.05, 0) is 96.6 Å². The number of thiophene rings is 1. The van der Waals surface area contributed by atoms with Gasteiger partial charge >= 0.3 is 5.97 Å². The van der Waals surface area contributed by atoms with Crippen LogP contribution in [-0.4, -0.2) is 53.9 Å². The van der Waals surface area contributed by atoms with E-state index >= 15 is 0 Å². The van der Waals surface area contributed by atoms with Crippen molar-refractivity contribution in [1.29, 1.82) is 0 Å². The largest absolute Gasteiger partial charge is 0.497 e. The van der Waals surface area contributed by atoms with Crippen LogP contribution in [0, 0.1) is 0 Å². The Morgan fingerprint density at radius 3 is 2.69 bits per heavy atom. The first-order valence-corrected chi connectivity index (χ1v) is 13.4. The van der Waals surface area contributed by atoms with Gasteiger partial charge in [0.15, 0.2) is 0 Å². The highest BCUT2D eigenvalue weighted by Crippen LogP contribution is 2.36. The summed E-state index contributed by atoms with van der Waals surface area (Å²) in [7, 11) is 1.73. The molecule has 3 heterocycles. The van der Waals surface area contributed by atoms with Crippen LogP contribution in [0.1, 0.15) is 40.2 Å². The first-order chi connectivity index (χ1) is 17.6. The molecule has 1 aliphatic rings. The number of methoxy groups -OCH3 is 1. The summed E-state index contributed by atoms with van der Waals surface area (Å²) in [6.07, 6.45) is 5.57. The lowest BCUT2D eigenvalue weighted by Crippen LogP contribution is -2.35. The second kappa shape index (κ2) is 11.2. The third kappa shape index (κ3) is 5.42. The topological polar surface area (TPSA) is 63.9 Å². The smallest absolute Gasteiger partial charge is 0.339 e. The van der Waals surface area contributed by atoms with Gasteiger partial charge in [-0.15, -0.1) is 0 Å². The number of piperidine rings is 1. The van der Waals surface area contributed by atoms with Crippen molar-refractivity contribution in [3.8, 4) is 11.5 Å². The molecule has 0 aliphatic carbocycles. The predicted octanol–water partition coefficient (Wildman–Crippen LogP) is 5.91. The Hall–Kier alpha value is -3.29. The van der Waals surface area contributed by atoms with Crippen molar-refractivity contribution in [2.24, 2.45) is 0 Å². The van der Waals surface area contributed by atoms with E-state index < -0.39 is 5.97 Å². The lowest BCUT2D eigenvalue weighted by molar-refractivity contribution is 0.0691. The highest BCUT2D eigenvalue weighted by atomic mass is 32.1. The van der Waals surface area contributed by atoms with Crippen LogP contribution < -0.4 is 9.47 Å². The van der Waals surface area contributed by atoms with Crippen LogP contribution in [0.2, 0.25) is 0 Å². The molecular weight excluding hydrogens is 472 g/mol. The quantitative estimate of drug-likeness (QED) is 0.291.